The molecule has 0 aliphatic heterocycles. The zero-order valence-corrected chi connectivity index (χ0v) is 11.8. The highest BCUT2D eigenvalue weighted by molar-refractivity contribution is 5.94. The molecule has 0 bridgehead atoms. The third kappa shape index (κ3) is 3.93. The van der Waals surface area contributed by atoms with E-state index >= 15 is 0 Å². The first-order valence-corrected chi connectivity index (χ1v) is 6.83. The van der Waals surface area contributed by atoms with E-state index in [1.165, 1.54) is 5.56 Å². The van der Waals surface area contributed by atoms with Crippen molar-refractivity contribution in [3.05, 3.63) is 66.2 Å². The Labute approximate surface area is 120 Å². The minimum atomic E-state index is -0.259. The van der Waals surface area contributed by atoms with Gasteiger partial charge in [-0.1, -0.05) is 48.5 Å². The third-order valence-corrected chi connectivity index (χ3v) is 3.23. The molecule has 2 aromatic carbocycles. The number of benzene rings is 2. The Morgan fingerprint density at radius 3 is 2.05 bits per heavy atom. The summed E-state index contributed by atoms with van der Waals surface area (Å²) >= 11 is 0. The average Bonchev–Trinajstić information content (AvgIpc) is 2.49. The standard InChI is InChI=1S/C17H20N2O/c1-13(15-9-5-3-6-10-15)18-14(2)17(20)19-16-11-7-4-8-12-16/h3-14,18H,1-2H3,(H,19,20)/t13-,14+/m0/s1. The fourth-order valence-corrected chi connectivity index (χ4v) is 2.06. The van der Waals surface area contributed by atoms with Crippen LogP contribution in [-0.4, -0.2) is 11.9 Å². The third-order valence-electron chi connectivity index (χ3n) is 3.23. The number of rotatable bonds is 5. The molecule has 1 amide bonds. The van der Waals surface area contributed by atoms with Crippen molar-refractivity contribution in [2.75, 3.05) is 5.32 Å². The van der Waals surface area contributed by atoms with Gasteiger partial charge in [-0.2, -0.15) is 0 Å². The molecule has 3 nitrogen and oxygen atoms in total. The molecule has 0 saturated heterocycles. The number of hydrogen-bond acceptors (Lipinski definition) is 2. The summed E-state index contributed by atoms with van der Waals surface area (Å²) in [5, 5.41) is 6.20. The molecule has 104 valence electrons. The Morgan fingerprint density at radius 1 is 0.900 bits per heavy atom. The van der Waals surface area contributed by atoms with Crippen LogP contribution in [0.2, 0.25) is 0 Å². The van der Waals surface area contributed by atoms with Crippen molar-refractivity contribution in [3.8, 4) is 0 Å². The Kier molecular flexibility index (Phi) is 4.91. The lowest BCUT2D eigenvalue weighted by Gasteiger charge is -2.20. The Morgan fingerprint density at radius 2 is 1.45 bits per heavy atom. The zero-order valence-electron chi connectivity index (χ0n) is 11.8. The molecule has 2 atom stereocenters. The van der Waals surface area contributed by atoms with E-state index in [-0.39, 0.29) is 18.0 Å². The van der Waals surface area contributed by atoms with E-state index in [4.69, 9.17) is 0 Å². The number of hydrogen-bond donors (Lipinski definition) is 2. The van der Waals surface area contributed by atoms with Crippen molar-refractivity contribution in [1.82, 2.24) is 5.32 Å². The molecule has 0 radical (unpaired) electrons. The summed E-state index contributed by atoms with van der Waals surface area (Å²) < 4.78 is 0. The second-order valence-corrected chi connectivity index (χ2v) is 4.88. The molecule has 3 heteroatoms. The van der Waals surface area contributed by atoms with Gasteiger partial charge in [0.05, 0.1) is 6.04 Å². The molecule has 0 aliphatic carbocycles. The van der Waals surface area contributed by atoms with Crippen LogP contribution in [0.4, 0.5) is 5.69 Å². The van der Waals surface area contributed by atoms with Crippen LogP contribution in [-0.2, 0) is 4.79 Å². The number of para-hydroxylation sites is 1. The van der Waals surface area contributed by atoms with E-state index in [2.05, 4.69) is 29.7 Å². The van der Waals surface area contributed by atoms with Gasteiger partial charge < -0.3 is 5.32 Å². The van der Waals surface area contributed by atoms with Crippen molar-refractivity contribution in [2.45, 2.75) is 25.9 Å². The van der Waals surface area contributed by atoms with Crippen LogP contribution in [0.15, 0.2) is 60.7 Å². The van der Waals surface area contributed by atoms with E-state index < -0.39 is 0 Å². The van der Waals surface area contributed by atoms with E-state index in [1.807, 2.05) is 55.5 Å². The number of nitrogens with one attached hydrogen (secondary N) is 2. The fraction of sp³-hybridized carbons (Fsp3) is 0.235. The fourth-order valence-electron chi connectivity index (χ4n) is 2.06. The molecule has 0 aliphatic rings. The highest BCUT2D eigenvalue weighted by Gasteiger charge is 2.16. The Bertz CT molecular complexity index is 539. The van der Waals surface area contributed by atoms with Crippen LogP contribution in [0, 0.1) is 0 Å². The lowest BCUT2D eigenvalue weighted by Crippen LogP contribution is -2.39. The monoisotopic (exact) mass is 268 g/mol. The summed E-state index contributed by atoms with van der Waals surface area (Å²) in [6.07, 6.45) is 0. The van der Waals surface area contributed by atoms with E-state index in [0.717, 1.165) is 5.69 Å². The molecular weight excluding hydrogens is 248 g/mol. The van der Waals surface area contributed by atoms with Crippen LogP contribution >= 0.6 is 0 Å². The number of amides is 1. The van der Waals surface area contributed by atoms with Crippen molar-refractivity contribution < 1.29 is 4.79 Å². The number of anilines is 1. The normalized spacial score (nSPS) is 13.5. The molecule has 0 aromatic heterocycles. The zero-order chi connectivity index (χ0) is 14.4. The van der Waals surface area contributed by atoms with Crippen LogP contribution in [0.5, 0.6) is 0 Å². The van der Waals surface area contributed by atoms with Crippen LogP contribution < -0.4 is 10.6 Å². The van der Waals surface area contributed by atoms with Crippen molar-refractivity contribution in [1.29, 1.82) is 0 Å². The summed E-state index contributed by atoms with van der Waals surface area (Å²) in [7, 11) is 0. The molecule has 0 saturated carbocycles. The van der Waals surface area contributed by atoms with Crippen molar-refractivity contribution in [2.24, 2.45) is 0 Å². The first kappa shape index (κ1) is 14.3. The molecule has 2 aromatic rings. The second kappa shape index (κ2) is 6.87. The quantitative estimate of drug-likeness (QED) is 0.873. The van der Waals surface area contributed by atoms with Gasteiger partial charge in [0.15, 0.2) is 0 Å². The molecule has 2 rings (SSSR count). The maximum absolute atomic E-state index is 12.1. The molecular formula is C17H20N2O. The average molecular weight is 268 g/mol. The van der Waals surface area contributed by atoms with Gasteiger partial charge in [-0.3, -0.25) is 10.1 Å². The topological polar surface area (TPSA) is 41.1 Å². The molecule has 0 heterocycles. The highest BCUT2D eigenvalue weighted by Crippen LogP contribution is 2.12. The van der Waals surface area contributed by atoms with Gasteiger partial charge in [0.25, 0.3) is 0 Å². The smallest absolute Gasteiger partial charge is 0.241 e. The van der Waals surface area contributed by atoms with Crippen LogP contribution in [0.1, 0.15) is 25.5 Å². The van der Waals surface area contributed by atoms with E-state index in [1.54, 1.807) is 0 Å². The first-order chi connectivity index (χ1) is 9.66. The maximum Gasteiger partial charge on any atom is 0.241 e. The summed E-state index contributed by atoms with van der Waals surface area (Å²) in [6.45, 7) is 3.93. The van der Waals surface area contributed by atoms with E-state index in [0.29, 0.717) is 0 Å². The van der Waals surface area contributed by atoms with Crippen molar-refractivity contribution in [3.63, 3.8) is 0 Å². The van der Waals surface area contributed by atoms with Gasteiger partial charge in [0.1, 0.15) is 0 Å². The molecule has 0 unspecified atom stereocenters. The van der Waals surface area contributed by atoms with Crippen LogP contribution in [0.25, 0.3) is 0 Å². The Hall–Kier alpha value is -2.13. The predicted molar refractivity (Wildman–Crippen MR) is 82.5 cm³/mol. The number of carbonyl (C=O) groups is 1. The molecule has 20 heavy (non-hydrogen) atoms. The van der Waals surface area contributed by atoms with Gasteiger partial charge in [0.2, 0.25) is 5.91 Å². The summed E-state index contributed by atoms with van der Waals surface area (Å²) in [5.74, 6) is -0.0287. The van der Waals surface area contributed by atoms with Gasteiger partial charge in [-0.05, 0) is 31.5 Å². The minimum Gasteiger partial charge on any atom is -0.325 e. The van der Waals surface area contributed by atoms with Gasteiger partial charge in [-0.15, -0.1) is 0 Å². The van der Waals surface area contributed by atoms with E-state index in [9.17, 15) is 4.79 Å². The lowest BCUT2D eigenvalue weighted by molar-refractivity contribution is -0.117. The summed E-state index contributed by atoms with van der Waals surface area (Å²) in [4.78, 5) is 12.1. The SMILES string of the molecule is C[C@H](N[C@H](C)C(=O)Nc1ccccc1)c1ccccc1. The van der Waals surface area contributed by atoms with Gasteiger partial charge in [0, 0.05) is 11.7 Å². The van der Waals surface area contributed by atoms with Crippen LogP contribution in [0.3, 0.4) is 0 Å². The Balaban J connectivity index is 1.91. The largest absolute Gasteiger partial charge is 0.325 e. The van der Waals surface area contributed by atoms with Gasteiger partial charge in [-0.25, -0.2) is 0 Å². The second-order valence-electron chi connectivity index (χ2n) is 4.88. The molecule has 0 fully saturated rings. The molecule has 2 N–H and O–H groups in total. The van der Waals surface area contributed by atoms with Crippen molar-refractivity contribution >= 4 is 11.6 Å². The molecule has 0 spiro atoms. The predicted octanol–water partition coefficient (Wildman–Crippen LogP) is 3.36. The summed E-state index contributed by atoms with van der Waals surface area (Å²) in [6, 6.07) is 19.5. The minimum absolute atomic E-state index is 0.0287. The first-order valence-electron chi connectivity index (χ1n) is 6.83. The van der Waals surface area contributed by atoms with Gasteiger partial charge >= 0.3 is 0 Å². The number of carbonyl (C=O) groups excluding carboxylic acids is 1. The highest BCUT2D eigenvalue weighted by atomic mass is 16.2. The lowest BCUT2D eigenvalue weighted by atomic mass is 10.1. The summed E-state index contributed by atoms with van der Waals surface area (Å²) in [5.41, 5.74) is 1.99. The maximum atomic E-state index is 12.1.